The molecule has 3 N–H and O–H groups in total. The summed E-state index contributed by atoms with van der Waals surface area (Å²) in [6.45, 7) is 0. The van der Waals surface area contributed by atoms with Gasteiger partial charge in [0, 0.05) is 19.8 Å². The molecular formula is C14H14N4O3. The molecule has 0 radical (unpaired) electrons. The van der Waals surface area contributed by atoms with Crippen molar-refractivity contribution in [1.82, 2.24) is 16.0 Å². The van der Waals surface area contributed by atoms with Gasteiger partial charge in [0.2, 0.25) is 0 Å². The van der Waals surface area contributed by atoms with Crippen molar-refractivity contribution >= 4 is 29.1 Å². The normalized spacial score (nSPS) is 20.7. The highest BCUT2D eigenvalue weighted by Gasteiger charge is 2.40. The van der Waals surface area contributed by atoms with E-state index in [1.54, 1.807) is 12.1 Å². The van der Waals surface area contributed by atoms with Crippen molar-refractivity contribution < 1.29 is 14.4 Å². The summed E-state index contributed by atoms with van der Waals surface area (Å²) in [6, 6.07) is 6.68. The number of urea groups is 1. The zero-order chi connectivity index (χ0) is 15.1. The van der Waals surface area contributed by atoms with Crippen LogP contribution in [-0.4, -0.2) is 38.1 Å². The van der Waals surface area contributed by atoms with Crippen LogP contribution in [-0.2, 0) is 9.59 Å². The van der Waals surface area contributed by atoms with Gasteiger partial charge in [0.05, 0.1) is 11.1 Å². The van der Waals surface area contributed by atoms with E-state index in [0.29, 0.717) is 11.1 Å². The summed E-state index contributed by atoms with van der Waals surface area (Å²) in [6.07, 6.45) is -0.762. The molecule has 0 aromatic heterocycles. The van der Waals surface area contributed by atoms with Crippen molar-refractivity contribution in [3.63, 3.8) is 0 Å². The average Bonchev–Trinajstić information content (AvgIpc) is 2.75. The highest BCUT2D eigenvalue weighted by Crippen LogP contribution is 2.28. The number of carbonyl (C=O) groups excluding carboxylic acids is 3. The van der Waals surface area contributed by atoms with E-state index < -0.39 is 18.1 Å². The number of nitrogens with one attached hydrogen (secondary N) is 3. The third-order valence-electron chi connectivity index (χ3n) is 3.48. The molecule has 3 rings (SSSR count). The number of hydrogen-bond acceptors (Lipinski definition) is 4. The van der Waals surface area contributed by atoms with Gasteiger partial charge in [0.15, 0.2) is 0 Å². The van der Waals surface area contributed by atoms with Crippen molar-refractivity contribution in [3.05, 3.63) is 35.4 Å². The van der Waals surface area contributed by atoms with Gasteiger partial charge in [-0.3, -0.25) is 14.9 Å². The minimum Gasteiger partial charge on any atom is -0.378 e. The van der Waals surface area contributed by atoms with Crippen LogP contribution in [0, 0.1) is 0 Å². The Morgan fingerprint density at radius 3 is 2.24 bits per heavy atom. The molecule has 2 aliphatic heterocycles. The van der Waals surface area contributed by atoms with Crippen molar-refractivity contribution in [2.45, 2.75) is 6.17 Å². The first-order valence-electron chi connectivity index (χ1n) is 6.42. The molecule has 108 valence electrons. The first kappa shape index (κ1) is 13.2. The van der Waals surface area contributed by atoms with Gasteiger partial charge in [-0.25, -0.2) is 4.79 Å². The van der Waals surface area contributed by atoms with Gasteiger partial charge in [0.25, 0.3) is 11.8 Å². The van der Waals surface area contributed by atoms with Gasteiger partial charge < -0.3 is 15.5 Å². The predicted octanol–water partition coefficient (Wildman–Crippen LogP) is -0.199. The van der Waals surface area contributed by atoms with E-state index in [-0.39, 0.29) is 11.5 Å². The lowest BCUT2D eigenvalue weighted by molar-refractivity contribution is -0.117. The molecule has 7 nitrogen and oxygen atoms in total. The molecule has 1 aromatic rings. The second-order valence-corrected chi connectivity index (χ2v) is 5.06. The summed E-state index contributed by atoms with van der Waals surface area (Å²) in [5.41, 5.74) is 2.17. The Morgan fingerprint density at radius 1 is 0.952 bits per heavy atom. The fourth-order valence-corrected chi connectivity index (χ4v) is 2.45. The largest absolute Gasteiger partial charge is 0.378 e. The second kappa shape index (κ2) is 4.62. The molecule has 1 fully saturated rings. The standard InChI is InChI=1S/C14H14N4O3/c1-18(2)8-5-3-7(4-6-8)9-10-11(15-12(9)19)16-14(21)17-13(10)20/h3-6,11H,1-2H3,(H,15,19)(H2,16,17,20,21). The van der Waals surface area contributed by atoms with Crippen LogP contribution in [0.25, 0.3) is 5.57 Å². The molecule has 0 aliphatic carbocycles. The Labute approximate surface area is 121 Å². The van der Waals surface area contributed by atoms with Crippen LogP contribution in [0.3, 0.4) is 0 Å². The Kier molecular flexibility index (Phi) is 2.90. The van der Waals surface area contributed by atoms with Crippen molar-refractivity contribution in [1.29, 1.82) is 0 Å². The van der Waals surface area contributed by atoms with Crippen LogP contribution < -0.4 is 20.9 Å². The van der Waals surface area contributed by atoms with E-state index in [4.69, 9.17) is 0 Å². The second-order valence-electron chi connectivity index (χ2n) is 5.06. The van der Waals surface area contributed by atoms with Gasteiger partial charge in [-0.15, -0.1) is 0 Å². The Hall–Kier alpha value is -2.83. The van der Waals surface area contributed by atoms with Gasteiger partial charge in [-0.2, -0.15) is 0 Å². The zero-order valence-electron chi connectivity index (χ0n) is 11.6. The van der Waals surface area contributed by atoms with E-state index in [0.717, 1.165) is 5.69 Å². The van der Waals surface area contributed by atoms with Crippen LogP contribution in [0.1, 0.15) is 5.56 Å². The average molecular weight is 286 g/mol. The van der Waals surface area contributed by atoms with Crippen molar-refractivity contribution in [2.75, 3.05) is 19.0 Å². The first-order chi connectivity index (χ1) is 9.97. The maximum Gasteiger partial charge on any atom is 0.323 e. The summed E-state index contributed by atoms with van der Waals surface area (Å²) < 4.78 is 0. The topological polar surface area (TPSA) is 90.5 Å². The summed E-state index contributed by atoms with van der Waals surface area (Å²) in [7, 11) is 3.83. The lowest BCUT2D eigenvalue weighted by Gasteiger charge is -2.21. The molecule has 7 heteroatoms. The molecule has 4 amide bonds. The lowest BCUT2D eigenvalue weighted by Crippen LogP contribution is -2.57. The maximum atomic E-state index is 12.1. The molecule has 1 atom stereocenters. The molecule has 21 heavy (non-hydrogen) atoms. The third kappa shape index (κ3) is 2.12. The summed E-state index contributed by atoms with van der Waals surface area (Å²) >= 11 is 0. The first-order valence-corrected chi connectivity index (χ1v) is 6.42. The van der Waals surface area contributed by atoms with Crippen molar-refractivity contribution in [2.24, 2.45) is 0 Å². The molecule has 1 saturated heterocycles. The molecule has 2 heterocycles. The van der Waals surface area contributed by atoms with E-state index in [1.165, 1.54) is 0 Å². The monoisotopic (exact) mass is 286 g/mol. The number of benzene rings is 1. The van der Waals surface area contributed by atoms with Gasteiger partial charge in [-0.1, -0.05) is 12.1 Å². The number of imide groups is 1. The summed E-state index contributed by atoms with van der Waals surface area (Å²) in [5, 5.41) is 7.24. The lowest BCUT2D eigenvalue weighted by atomic mass is 9.99. The molecule has 0 saturated carbocycles. The van der Waals surface area contributed by atoms with Gasteiger partial charge in [-0.05, 0) is 17.7 Å². The van der Waals surface area contributed by atoms with E-state index in [2.05, 4.69) is 16.0 Å². The zero-order valence-corrected chi connectivity index (χ0v) is 11.6. The van der Waals surface area contributed by atoms with Gasteiger partial charge >= 0.3 is 6.03 Å². The third-order valence-corrected chi connectivity index (χ3v) is 3.48. The maximum absolute atomic E-state index is 12.1. The number of anilines is 1. The van der Waals surface area contributed by atoms with E-state index >= 15 is 0 Å². The molecular weight excluding hydrogens is 272 g/mol. The number of amides is 4. The minimum atomic E-state index is -0.762. The Bertz CT molecular complexity index is 676. The Morgan fingerprint density at radius 2 is 1.62 bits per heavy atom. The SMILES string of the molecule is CN(C)c1ccc(C2=C3C(=O)NC(=O)NC3NC2=O)cc1. The predicted molar refractivity (Wildman–Crippen MR) is 76.3 cm³/mol. The van der Waals surface area contributed by atoms with E-state index in [1.807, 2.05) is 31.1 Å². The van der Waals surface area contributed by atoms with Crippen LogP contribution >= 0.6 is 0 Å². The highest BCUT2D eigenvalue weighted by atomic mass is 16.2. The number of fused-ring (bicyclic) bond motifs is 1. The number of rotatable bonds is 2. The van der Waals surface area contributed by atoms with Crippen LogP contribution in [0.5, 0.6) is 0 Å². The fraction of sp³-hybridized carbons (Fsp3) is 0.214. The quantitative estimate of drug-likeness (QED) is 0.702. The summed E-state index contributed by atoms with van der Waals surface area (Å²) in [4.78, 5) is 37.3. The molecule has 0 bridgehead atoms. The van der Waals surface area contributed by atoms with Crippen molar-refractivity contribution in [3.8, 4) is 0 Å². The highest BCUT2D eigenvalue weighted by molar-refractivity contribution is 6.31. The van der Waals surface area contributed by atoms with E-state index in [9.17, 15) is 14.4 Å². The fourth-order valence-electron chi connectivity index (χ4n) is 2.45. The number of nitrogens with zero attached hydrogens (tertiary/aromatic N) is 1. The molecule has 1 aromatic carbocycles. The minimum absolute atomic E-state index is 0.247. The summed E-state index contributed by atoms with van der Waals surface area (Å²) in [5.74, 6) is -0.918. The van der Waals surface area contributed by atoms with Gasteiger partial charge in [0.1, 0.15) is 6.17 Å². The molecule has 0 spiro atoms. The smallest absolute Gasteiger partial charge is 0.323 e. The Balaban J connectivity index is 2.05. The van der Waals surface area contributed by atoms with Crippen LogP contribution in [0.15, 0.2) is 29.8 Å². The molecule has 1 unspecified atom stereocenters. The van der Waals surface area contributed by atoms with Crippen LogP contribution in [0.4, 0.5) is 10.5 Å². The number of carbonyl (C=O) groups is 3. The molecule has 2 aliphatic rings. The van der Waals surface area contributed by atoms with Crippen LogP contribution in [0.2, 0.25) is 0 Å². The number of hydrogen-bond donors (Lipinski definition) is 3.